The van der Waals surface area contributed by atoms with E-state index in [-0.39, 0.29) is 11.6 Å². The van der Waals surface area contributed by atoms with Crippen LogP contribution in [0.5, 0.6) is 11.6 Å². The van der Waals surface area contributed by atoms with Crippen molar-refractivity contribution in [1.82, 2.24) is 14.7 Å². The van der Waals surface area contributed by atoms with E-state index >= 15 is 0 Å². The monoisotopic (exact) mass is 455 g/mol. The van der Waals surface area contributed by atoms with Gasteiger partial charge in [0, 0.05) is 13.1 Å². The Kier molecular flexibility index (Phi) is 8.74. The molecule has 0 saturated heterocycles. The molecule has 1 aromatic heterocycles. The molecule has 0 aliphatic carbocycles. The summed E-state index contributed by atoms with van der Waals surface area (Å²) in [5.74, 6) is 0.251. The molecule has 0 saturated carbocycles. The number of rotatable bonds is 12. The van der Waals surface area contributed by atoms with Gasteiger partial charge in [0.15, 0.2) is 0 Å². The van der Waals surface area contributed by atoms with E-state index in [2.05, 4.69) is 23.5 Å². The predicted molar refractivity (Wildman–Crippen MR) is 126 cm³/mol. The quantitative estimate of drug-likeness (QED) is 0.351. The number of aryl methyl sites for hydroxylation is 1. The lowest BCUT2D eigenvalue weighted by Gasteiger charge is -2.25. The Balaban J connectivity index is 1.96. The van der Waals surface area contributed by atoms with Gasteiger partial charge in [-0.05, 0) is 81.3 Å². The Morgan fingerprint density at radius 2 is 1.76 bits per heavy atom. The van der Waals surface area contributed by atoms with Crippen LogP contribution in [0.3, 0.4) is 0 Å². The average molecular weight is 456 g/mol. The smallest absolute Gasteiger partial charge is 0.227 e. The van der Waals surface area contributed by atoms with Crippen LogP contribution in [0, 0.1) is 18.6 Å². The van der Waals surface area contributed by atoms with Crippen LogP contribution >= 0.6 is 0 Å². The van der Waals surface area contributed by atoms with Gasteiger partial charge < -0.3 is 9.84 Å². The van der Waals surface area contributed by atoms with Gasteiger partial charge in [-0.3, -0.25) is 4.90 Å². The van der Waals surface area contributed by atoms with E-state index in [9.17, 15) is 13.9 Å². The molecule has 2 aromatic carbocycles. The molecular formula is C26H31F2N3O2. The van der Waals surface area contributed by atoms with Gasteiger partial charge in [0.2, 0.25) is 5.88 Å². The Labute approximate surface area is 193 Å². The summed E-state index contributed by atoms with van der Waals surface area (Å²) in [7, 11) is 0. The summed E-state index contributed by atoms with van der Waals surface area (Å²) in [4.78, 5) is 2.17. The first-order chi connectivity index (χ1) is 15.9. The summed E-state index contributed by atoms with van der Waals surface area (Å²) in [6, 6.07) is 11.8. The van der Waals surface area contributed by atoms with Gasteiger partial charge in [-0.2, -0.15) is 5.10 Å². The first kappa shape index (κ1) is 24.6. The molecule has 1 N–H and O–H groups in total. The summed E-state index contributed by atoms with van der Waals surface area (Å²) < 4.78 is 34.7. The summed E-state index contributed by atoms with van der Waals surface area (Å²) >= 11 is 0. The number of halogens is 2. The van der Waals surface area contributed by atoms with Crippen LogP contribution < -0.4 is 4.74 Å². The van der Waals surface area contributed by atoms with Crippen LogP contribution in [0.2, 0.25) is 0 Å². The van der Waals surface area contributed by atoms with Crippen molar-refractivity contribution in [3.05, 3.63) is 84.1 Å². The van der Waals surface area contributed by atoms with Crippen molar-refractivity contribution >= 4 is 0 Å². The number of aromatic nitrogens is 2. The van der Waals surface area contributed by atoms with E-state index < -0.39 is 6.10 Å². The highest BCUT2D eigenvalue weighted by atomic mass is 19.1. The van der Waals surface area contributed by atoms with E-state index in [1.165, 1.54) is 24.3 Å². The summed E-state index contributed by atoms with van der Waals surface area (Å²) in [6.07, 6.45) is 3.66. The molecule has 1 heterocycles. The molecule has 7 heteroatoms. The molecule has 0 bridgehead atoms. The lowest BCUT2D eigenvalue weighted by molar-refractivity contribution is 0.102. The Bertz CT molecular complexity index is 1030. The molecule has 33 heavy (non-hydrogen) atoms. The third-order valence-corrected chi connectivity index (χ3v) is 5.33. The first-order valence-electron chi connectivity index (χ1n) is 11.2. The highest BCUT2D eigenvalue weighted by Crippen LogP contribution is 2.32. The largest absolute Gasteiger partial charge is 0.439 e. The van der Waals surface area contributed by atoms with Gasteiger partial charge in [-0.1, -0.05) is 13.0 Å². The van der Waals surface area contributed by atoms with Crippen LogP contribution in [-0.2, 0) is 6.54 Å². The van der Waals surface area contributed by atoms with E-state index in [0.29, 0.717) is 36.8 Å². The molecule has 0 aliphatic heterocycles. The number of ether oxygens (including phenoxy) is 1. The van der Waals surface area contributed by atoms with Crippen LogP contribution in [0.4, 0.5) is 8.78 Å². The molecule has 3 rings (SSSR count). The second-order valence-corrected chi connectivity index (χ2v) is 8.07. The highest BCUT2D eigenvalue weighted by molar-refractivity contribution is 5.43. The Hall–Kier alpha value is -3.03. The fourth-order valence-corrected chi connectivity index (χ4v) is 3.67. The lowest BCUT2D eigenvalue weighted by Crippen LogP contribution is -2.33. The number of aliphatic hydroxyl groups is 1. The lowest BCUT2D eigenvalue weighted by atomic mass is 10.1. The fraction of sp³-hybridized carbons (Fsp3) is 0.346. The van der Waals surface area contributed by atoms with E-state index in [1.54, 1.807) is 35.0 Å². The minimum absolute atomic E-state index is 0.341. The summed E-state index contributed by atoms with van der Waals surface area (Å²) in [5.41, 5.74) is 2.27. The van der Waals surface area contributed by atoms with Crippen LogP contribution in [0.1, 0.15) is 37.4 Å². The average Bonchev–Trinajstić information content (AvgIpc) is 3.09. The minimum atomic E-state index is -0.469. The SMILES string of the molecule is C=CCC[C@@H](O)CN(CCC)Cc1c(C)nn(-c2ccc(F)cc2)c1Oc1ccc(F)cc1. The third kappa shape index (κ3) is 6.73. The van der Waals surface area contributed by atoms with Crippen molar-refractivity contribution < 1.29 is 18.6 Å². The van der Waals surface area contributed by atoms with E-state index in [4.69, 9.17) is 4.74 Å². The molecular weight excluding hydrogens is 424 g/mol. The number of allylic oxidation sites excluding steroid dienone is 1. The molecule has 3 aromatic rings. The zero-order chi connectivity index (χ0) is 23.8. The summed E-state index contributed by atoms with van der Waals surface area (Å²) in [6.45, 7) is 9.53. The number of hydrogen-bond acceptors (Lipinski definition) is 4. The first-order valence-corrected chi connectivity index (χ1v) is 11.2. The normalized spacial score (nSPS) is 12.2. The van der Waals surface area contributed by atoms with Gasteiger partial charge in [0.25, 0.3) is 0 Å². The van der Waals surface area contributed by atoms with Gasteiger partial charge in [-0.15, -0.1) is 6.58 Å². The van der Waals surface area contributed by atoms with Crippen molar-refractivity contribution in [3.63, 3.8) is 0 Å². The number of hydrogen-bond donors (Lipinski definition) is 1. The number of aliphatic hydroxyl groups excluding tert-OH is 1. The summed E-state index contributed by atoms with van der Waals surface area (Å²) in [5, 5.41) is 15.1. The fourth-order valence-electron chi connectivity index (χ4n) is 3.67. The zero-order valence-corrected chi connectivity index (χ0v) is 19.2. The molecule has 176 valence electrons. The molecule has 1 atom stereocenters. The maximum absolute atomic E-state index is 13.5. The molecule has 0 spiro atoms. The van der Waals surface area contributed by atoms with Crippen molar-refractivity contribution in [3.8, 4) is 17.3 Å². The second kappa shape index (κ2) is 11.7. The minimum Gasteiger partial charge on any atom is -0.439 e. The zero-order valence-electron chi connectivity index (χ0n) is 19.2. The van der Waals surface area contributed by atoms with Crippen molar-refractivity contribution in [1.29, 1.82) is 0 Å². The highest BCUT2D eigenvalue weighted by Gasteiger charge is 2.22. The Morgan fingerprint density at radius 1 is 1.12 bits per heavy atom. The van der Waals surface area contributed by atoms with Crippen LogP contribution in [0.15, 0.2) is 61.2 Å². The van der Waals surface area contributed by atoms with Crippen LogP contribution in [0.25, 0.3) is 5.69 Å². The second-order valence-electron chi connectivity index (χ2n) is 8.07. The molecule has 0 fully saturated rings. The van der Waals surface area contributed by atoms with Gasteiger partial charge in [0.05, 0.1) is 23.0 Å². The van der Waals surface area contributed by atoms with Crippen LogP contribution in [-0.4, -0.2) is 39.0 Å². The van der Waals surface area contributed by atoms with Gasteiger partial charge in [0.1, 0.15) is 17.4 Å². The Morgan fingerprint density at radius 3 is 2.36 bits per heavy atom. The molecule has 0 amide bonds. The topological polar surface area (TPSA) is 50.5 Å². The molecule has 5 nitrogen and oxygen atoms in total. The standard InChI is InChI=1S/C26H31F2N3O2/c1-4-6-7-23(32)17-30(16-5-2)18-25-19(3)29-31(22-12-8-20(27)9-13-22)26(25)33-24-14-10-21(28)11-15-24/h4,8-15,23,32H,1,5-7,16-18H2,2-3H3/t23-/m1/s1. The van der Waals surface area contributed by atoms with Gasteiger partial charge in [-0.25, -0.2) is 13.5 Å². The molecule has 0 unspecified atom stereocenters. The van der Waals surface area contributed by atoms with E-state index in [0.717, 1.165) is 30.6 Å². The van der Waals surface area contributed by atoms with Crippen molar-refractivity contribution in [2.24, 2.45) is 0 Å². The molecule has 0 radical (unpaired) electrons. The third-order valence-electron chi connectivity index (χ3n) is 5.33. The predicted octanol–water partition coefficient (Wildman–Crippen LogP) is 5.79. The number of benzene rings is 2. The maximum Gasteiger partial charge on any atom is 0.227 e. The number of nitrogens with zero attached hydrogens (tertiary/aromatic N) is 3. The molecule has 0 aliphatic rings. The van der Waals surface area contributed by atoms with Gasteiger partial charge >= 0.3 is 0 Å². The van der Waals surface area contributed by atoms with Crippen molar-refractivity contribution in [2.75, 3.05) is 13.1 Å². The maximum atomic E-state index is 13.5. The van der Waals surface area contributed by atoms with Crippen molar-refractivity contribution in [2.45, 2.75) is 45.8 Å². The van der Waals surface area contributed by atoms with E-state index in [1.807, 2.05) is 6.92 Å².